The van der Waals surface area contributed by atoms with Crippen molar-refractivity contribution in [2.45, 2.75) is 17.1 Å². The first-order valence-electron chi connectivity index (χ1n) is 6.07. The molecule has 1 amide bonds. The number of phenols is 1. The Balaban J connectivity index is 2.02. The third-order valence-corrected chi connectivity index (χ3v) is 3.99. The molecule has 2 N–H and O–H groups in total. The second-order valence-corrected chi connectivity index (χ2v) is 6.07. The Bertz CT molecular complexity index is 604. The van der Waals surface area contributed by atoms with Crippen LogP contribution in [-0.2, 0) is 4.79 Å². The highest BCUT2D eigenvalue weighted by Crippen LogP contribution is 2.28. The Kier molecular flexibility index (Phi) is 4.93. The van der Waals surface area contributed by atoms with Gasteiger partial charge >= 0.3 is 0 Å². The van der Waals surface area contributed by atoms with Crippen molar-refractivity contribution in [3.63, 3.8) is 0 Å². The average Bonchev–Trinajstić information content (AvgIpc) is 2.44. The van der Waals surface area contributed by atoms with Crippen LogP contribution >= 0.6 is 23.4 Å². The summed E-state index contributed by atoms with van der Waals surface area (Å²) in [6, 6.07) is 14.2. The lowest BCUT2D eigenvalue weighted by Crippen LogP contribution is -2.22. The smallest absolute Gasteiger partial charge is 0.237 e. The van der Waals surface area contributed by atoms with Crippen LogP contribution in [0.5, 0.6) is 5.75 Å². The molecule has 0 bridgehead atoms. The van der Waals surface area contributed by atoms with Crippen LogP contribution in [0.25, 0.3) is 0 Å². The van der Waals surface area contributed by atoms with E-state index in [2.05, 4.69) is 5.32 Å². The second-order valence-electron chi connectivity index (χ2n) is 4.22. The molecule has 1 unspecified atom stereocenters. The van der Waals surface area contributed by atoms with E-state index in [4.69, 9.17) is 11.6 Å². The van der Waals surface area contributed by atoms with Gasteiger partial charge in [0.05, 0.1) is 10.9 Å². The van der Waals surface area contributed by atoms with Crippen molar-refractivity contribution in [2.24, 2.45) is 0 Å². The lowest BCUT2D eigenvalue weighted by molar-refractivity contribution is -0.115. The number of carbonyl (C=O) groups excluding carboxylic acids is 1. The predicted octanol–water partition coefficient (Wildman–Crippen LogP) is 4.16. The lowest BCUT2D eigenvalue weighted by Gasteiger charge is -2.13. The summed E-state index contributed by atoms with van der Waals surface area (Å²) in [6.45, 7) is 1.81. The van der Waals surface area contributed by atoms with Crippen LogP contribution in [0.1, 0.15) is 6.92 Å². The number of carbonyl (C=O) groups is 1. The lowest BCUT2D eigenvalue weighted by atomic mass is 10.3. The van der Waals surface area contributed by atoms with Gasteiger partial charge in [-0.2, -0.15) is 0 Å². The van der Waals surface area contributed by atoms with E-state index in [-0.39, 0.29) is 16.9 Å². The number of amides is 1. The molecule has 0 aromatic heterocycles. The Hall–Kier alpha value is -1.65. The van der Waals surface area contributed by atoms with E-state index in [1.165, 1.54) is 23.9 Å². The van der Waals surface area contributed by atoms with Gasteiger partial charge in [-0.1, -0.05) is 29.8 Å². The fraction of sp³-hybridized carbons (Fsp3) is 0.133. The van der Waals surface area contributed by atoms with Gasteiger partial charge < -0.3 is 10.4 Å². The summed E-state index contributed by atoms with van der Waals surface area (Å²) < 4.78 is 0. The molecule has 0 saturated heterocycles. The normalized spacial score (nSPS) is 11.9. The minimum atomic E-state index is -0.282. The summed E-state index contributed by atoms with van der Waals surface area (Å²) in [5.41, 5.74) is 0.322. The predicted molar refractivity (Wildman–Crippen MR) is 83.5 cm³/mol. The topological polar surface area (TPSA) is 49.3 Å². The van der Waals surface area contributed by atoms with E-state index in [0.717, 1.165) is 4.90 Å². The number of hydrogen-bond acceptors (Lipinski definition) is 3. The van der Waals surface area contributed by atoms with Crippen LogP contribution in [0.15, 0.2) is 53.4 Å². The number of nitrogens with one attached hydrogen (secondary N) is 1. The van der Waals surface area contributed by atoms with Gasteiger partial charge in [-0.3, -0.25) is 4.79 Å². The monoisotopic (exact) mass is 307 g/mol. The van der Waals surface area contributed by atoms with Gasteiger partial charge in [0.25, 0.3) is 0 Å². The number of benzene rings is 2. The Labute approximate surface area is 127 Å². The fourth-order valence-corrected chi connectivity index (χ4v) is 2.66. The zero-order chi connectivity index (χ0) is 14.5. The van der Waals surface area contributed by atoms with Gasteiger partial charge in [0.2, 0.25) is 5.91 Å². The van der Waals surface area contributed by atoms with Gasteiger partial charge in [0.15, 0.2) is 0 Å². The fourth-order valence-electron chi connectivity index (χ4n) is 1.60. The van der Waals surface area contributed by atoms with Gasteiger partial charge in [-0.25, -0.2) is 0 Å². The number of aromatic hydroxyl groups is 1. The van der Waals surface area contributed by atoms with Crippen LogP contribution < -0.4 is 5.32 Å². The van der Waals surface area contributed by atoms with E-state index >= 15 is 0 Å². The van der Waals surface area contributed by atoms with Crippen LogP contribution in [0.4, 0.5) is 5.69 Å². The largest absolute Gasteiger partial charge is 0.506 e. The van der Waals surface area contributed by atoms with Crippen molar-refractivity contribution < 1.29 is 9.90 Å². The highest BCUT2D eigenvalue weighted by atomic mass is 35.5. The standard InChI is InChI=1S/C15H14ClNO2S/c1-10(20-12-5-3-2-4-6-12)15(19)17-13-9-11(16)7-8-14(13)18/h2-10,18H,1H3,(H,17,19). The molecule has 3 nitrogen and oxygen atoms in total. The average molecular weight is 308 g/mol. The maximum atomic E-state index is 12.1. The third kappa shape index (κ3) is 3.92. The number of rotatable bonds is 4. The van der Waals surface area contributed by atoms with Crippen molar-refractivity contribution in [2.75, 3.05) is 5.32 Å². The molecular weight excluding hydrogens is 294 g/mol. The molecule has 2 aromatic carbocycles. The van der Waals surface area contributed by atoms with Crippen molar-refractivity contribution in [3.05, 3.63) is 53.6 Å². The number of thioether (sulfide) groups is 1. The van der Waals surface area contributed by atoms with Crippen LogP contribution in [0.2, 0.25) is 5.02 Å². The first kappa shape index (κ1) is 14.8. The molecule has 0 radical (unpaired) electrons. The summed E-state index contributed by atoms with van der Waals surface area (Å²) in [7, 11) is 0. The van der Waals surface area contributed by atoms with Crippen molar-refractivity contribution in [3.8, 4) is 5.75 Å². The quantitative estimate of drug-likeness (QED) is 0.658. The van der Waals surface area contributed by atoms with E-state index in [1.807, 2.05) is 37.3 Å². The molecule has 20 heavy (non-hydrogen) atoms. The van der Waals surface area contributed by atoms with Gasteiger partial charge in [0.1, 0.15) is 5.75 Å². The second kappa shape index (κ2) is 6.68. The van der Waals surface area contributed by atoms with Gasteiger partial charge in [-0.05, 0) is 37.3 Å². The molecule has 2 aromatic rings. The maximum absolute atomic E-state index is 12.1. The molecule has 104 valence electrons. The summed E-state index contributed by atoms with van der Waals surface area (Å²) in [5, 5.41) is 12.5. The summed E-state index contributed by atoms with van der Waals surface area (Å²) >= 11 is 7.30. The first-order chi connectivity index (χ1) is 9.56. The molecule has 0 saturated carbocycles. The highest BCUT2D eigenvalue weighted by molar-refractivity contribution is 8.00. The molecule has 0 aliphatic heterocycles. The summed E-state index contributed by atoms with van der Waals surface area (Å²) in [5.74, 6) is -0.184. The van der Waals surface area contributed by atoms with E-state index in [9.17, 15) is 9.90 Å². The van der Waals surface area contributed by atoms with Crippen molar-refractivity contribution >= 4 is 35.0 Å². The molecule has 0 spiro atoms. The molecule has 0 heterocycles. The molecule has 0 aliphatic rings. The molecule has 1 atom stereocenters. The third-order valence-electron chi connectivity index (χ3n) is 2.64. The van der Waals surface area contributed by atoms with E-state index in [1.54, 1.807) is 6.07 Å². The summed E-state index contributed by atoms with van der Waals surface area (Å²) in [4.78, 5) is 13.1. The minimum Gasteiger partial charge on any atom is -0.506 e. The molecule has 5 heteroatoms. The van der Waals surface area contributed by atoms with Crippen LogP contribution in [-0.4, -0.2) is 16.3 Å². The molecule has 0 fully saturated rings. The number of halogens is 1. The number of hydrogen-bond donors (Lipinski definition) is 2. The zero-order valence-corrected chi connectivity index (χ0v) is 12.4. The SMILES string of the molecule is CC(Sc1ccccc1)C(=O)Nc1cc(Cl)ccc1O. The van der Waals surface area contributed by atoms with Crippen molar-refractivity contribution in [1.29, 1.82) is 0 Å². The van der Waals surface area contributed by atoms with E-state index < -0.39 is 0 Å². The van der Waals surface area contributed by atoms with Crippen LogP contribution in [0.3, 0.4) is 0 Å². The maximum Gasteiger partial charge on any atom is 0.237 e. The Morgan fingerprint density at radius 1 is 1.25 bits per heavy atom. The molecular formula is C15H14ClNO2S. The Morgan fingerprint density at radius 2 is 1.95 bits per heavy atom. The Morgan fingerprint density at radius 3 is 2.65 bits per heavy atom. The van der Waals surface area contributed by atoms with Crippen molar-refractivity contribution in [1.82, 2.24) is 0 Å². The van der Waals surface area contributed by atoms with Gasteiger partial charge in [-0.15, -0.1) is 11.8 Å². The van der Waals surface area contributed by atoms with E-state index in [0.29, 0.717) is 10.7 Å². The summed E-state index contributed by atoms with van der Waals surface area (Å²) in [6.07, 6.45) is 0. The minimum absolute atomic E-state index is 0.000314. The first-order valence-corrected chi connectivity index (χ1v) is 7.33. The molecule has 0 aliphatic carbocycles. The zero-order valence-electron chi connectivity index (χ0n) is 10.8. The van der Waals surface area contributed by atoms with Crippen LogP contribution in [0, 0.1) is 0 Å². The molecule has 2 rings (SSSR count). The number of anilines is 1. The highest BCUT2D eigenvalue weighted by Gasteiger charge is 2.16. The van der Waals surface area contributed by atoms with Gasteiger partial charge in [0, 0.05) is 9.92 Å². The number of phenolic OH excluding ortho intramolecular Hbond substituents is 1.